The number of carboxylic acid groups (broad SMARTS) is 1. The van der Waals surface area contributed by atoms with E-state index in [1.165, 1.54) is 18.0 Å². The van der Waals surface area contributed by atoms with E-state index < -0.39 is 12.6 Å². The maximum Gasteiger partial charge on any atom is 0.250 e. The Hall–Kier alpha value is -3.39. The maximum atomic E-state index is 12.0. The third-order valence-corrected chi connectivity index (χ3v) is 4.64. The van der Waals surface area contributed by atoms with Crippen molar-refractivity contribution in [3.05, 3.63) is 66.4 Å². The molecule has 0 spiro atoms. The van der Waals surface area contributed by atoms with Crippen LogP contribution in [-0.2, 0) is 9.59 Å². The highest BCUT2D eigenvalue weighted by Crippen LogP contribution is 2.25. The number of ether oxygens (including phenoxy) is 1. The van der Waals surface area contributed by atoms with E-state index in [9.17, 15) is 14.7 Å². The van der Waals surface area contributed by atoms with Crippen LogP contribution in [0.1, 0.15) is 5.56 Å². The van der Waals surface area contributed by atoms with Gasteiger partial charge in [0.1, 0.15) is 12.4 Å². The number of hydrazone groups is 1. The van der Waals surface area contributed by atoms with Crippen molar-refractivity contribution in [1.29, 1.82) is 0 Å². The minimum absolute atomic E-state index is 0.211. The van der Waals surface area contributed by atoms with Gasteiger partial charge in [-0.25, -0.2) is 5.43 Å². The molecular formula is C20H16N3O4S-. The minimum Gasteiger partial charge on any atom is -0.546 e. The normalized spacial score (nSPS) is 10.9. The number of thioether (sulfide) groups is 1. The molecule has 0 aliphatic heterocycles. The van der Waals surface area contributed by atoms with Gasteiger partial charge in [-0.1, -0.05) is 18.2 Å². The molecule has 0 bridgehead atoms. The summed E-state index contributed by atoms with van der Waals surface area (Å²) in [6.45, 7) is -0.507. The maximum absolute atomic E-state index is 12.0. The zero-order valence-electron chi connectivity index (χ0n) is 14.7. The molecule has 0 saturated carbocycles. The van der Waals surface area contributed by atoms with Gasteiger partial charge < -0.3 is 14.6 Å². The van der Waals surface area contributed by atoms with Gasteiger partial charge in [0, 0.05) is 16.5 Å². The number of rotatable bonds is 8. The lowest BCUT2D eigenvalue weighted by atomic mass is 10.2. The van der Waals surface area contributed by atoms with Crippen LogP contribution in [0.5, 0.6) is 5.75 Å². The summed E-state index contributed by atoms with van der Waals surface area (Å²) in [6.07, 6.45) is 3.22. The van der Waals surface area contributed by atoms with Crippen LogP contribution in [0.2, 0.25) is 0 Å². The zero-order valence-corrected chi connectivity index (χ0v) is 15.5. The number of hydrogen-bond acceptors (Lipinski definition) is 7. The molecule has 0 fully saturated rings. The molecule has 7 nitrogen and oxygen atoms in total. The van der Waals surface area contributed by atoms with Crippen LogP contribution >= 0.6 is 11.8 Å². The Morgan fingerprint density at radius 3 is 2.71 bits per heavy atom. The van der Waals surface area contributed by atoms with E-state index in [0.29, 0.717) is 5.75 Å². The second-order valence-electron chi connectivity index (χ2n) is 5.64. The summed E-state index contributed by atoms with van der Waals surface area (Å²) in [6, 6.07) is 16.3. The minimum atomic E-state index is -1.29. The second kappa shape index (κ2) is 9.52. The van der Waals surface area contributed by atoms with Gasteiger partial charge in [0.2, 0.25) is 5.91 Å². The molecule has 0 aliphatic rings. The van der Waals surface area contributed by atoms with Crippen LogP contribution in [0.25, 0.3) is 10.9 Å². The molecule has 3 rings (SSSR count). The number of amides is 1. The molecule has 0 radical (unpaired) electrons. The van der Waals surface area contributed by atoms with Gasteiger partial charge in [0.15, 0.2) is 0 Å². The van der Waals surface area contributed by atoms with Gasteiger partial charge in [-0.05, 0) is 42.0 Å². The number of carbonyl (C=O) groups is 2. The van der Waals surface area contributed by atoms with Crippen LogP contribution in [0.4, 0.5) is 0 Å². The molecule has 142 valence electrons. The van der Waals surface area contributed by atoms with Crippen molar-refractivity contribution in [3.63, 3.8) is 0 Å². The molecule has 2 aromatic carbocycles. The topological polar surface area (TPSA) is 104 Å². The lowest BCUT2D eigenvalue weighted by molar-refractivity contribution is -0.307. The number of pyridine rings is 1. The van der Waals surface area contributed by atoms with Gasteiger partial charge in [-0.15, -0.1) is 11.8 Å². The summed E-state index contributed by atoms with van der Waals surface area (Å²) in [7, 11) is 0. The van der Waals surface area contributed by atoms with Crippen LogP contribution in [-0.4, -0.2) is 35.4 Å². The Labute approximate surface area is 165 Å². The van der Waals surface area contributed by atoms with Crippen molar-refractivity contribution in [2.45, 2.75) is 4.90 Å². The van der Waals surface area contributed by atoms with E-state index in [1.54, 1.807) is 30.5 Å². The lowest BCUT2D eigenvalue weighted by Crippen LogP contribution is -2.28. The number of aliphatic carboxylic acids is 1. The predicted octanol–water partition coefficient (Wildman–Crippen LogP) is 1.61. The number of nitrogens with zero attached hydrogens (tertiary/aromatic N) is 2. The van der Waals surface area contributed by atoms with Crippen molar-refractivity contribution in [1.82, 2.24) is 10.4 Å². The Morgan fingerprint density at radius 1 is 1.14 bits per heavy atom. The number of fused-ring (bicyclic) bond motifs is 1. The molecule has 0 unspecified atom stereocenters. The van der Waals surface area contributed by atoms with E-state index in [2.05, 4.69) is 15.5 Å². The van der Waals surface area contributed by atoms with E-state index in [0.717, 1.165) is 21.4 Å². The predicted molar refractivity (Wildman–Crippen MR) is 105 cm³/mol. The average Bonchev–Trinajstić information content (AvgIpc) is 2.71. The Kier molecular flexibility index (Phi) is 6.59. The highest BCUT2D eigenvalue weighted by molar-refractivity contribution is 8.00. The third kappa shape index (κ3) is 5.55. The molecular weight excluding hydrogens is 378 g/mol. The van der Waals surface area contributed by atoms with E-state index in [1.807, 2.05) is 30.3 Å². The van der Waals surface area contributed by atoms with Crippen LogP contribution in [0.15, 0.2) is 70.8 Å². The monoisotopic (exact) mass is 394 g/mol. The third-order valence-electron chi connectivity index (χ3n) is 3.59. The van der Waals surface area contributed by atoms with Crippen molar-refractivity contribution < 1.29 is 19.4 Å². The number of hydrogen-bond donors (Lipinski definition) is 1. The molecule has 8 heteroatoms. The molecule has 1 heterocycles. The van der Waals surface area contributed by atoms with Crippen LogP contribution in [0.3, 0.4) is 0 Å². The number of carbonyl (C=O) groups excluding carboxylic acids is 2. The van der Waals surface area contributed by atoms with Crippen molar-refractivity contribution >= 4 is 40.8 Å². The number of benzene rings is 2. The van der Waals surface area contributed by atoms with Gasteiger partial charge in [-0.2, -0.15) is 5.10 Å². The summed E-state index contributed by atoms with van der Waals surface area (Å²) < 4.78 is 4.99. The fraction of sp³-hybridized carbons (Fsp3) is 0.100. The molecule has 0 aliphatic carbocycles. The number of aromatic nitrogens is 1. The molecule has 1 N–H and O–H groups in total. The summed E-state index contributed by atoms with van der Waals surface area (Å²) in [5.41, 5.74) is 4.07. The Morgan fingerprint density at radius 2 is 1.93 bits per heavy atom. The first-order valence-corrected chi connectivity index (χ1v) is 9.31. The van der Waals surface area contributed by atoms with Gasteiger partial charge >= 0.3 is 0 Å². The summed E-state index contributed by atoms with van der Waals surface area (Å²) in [5.74, 6) is -0.901. The van der Waals surface area contributed by atoms with Crippen molar-refractivity contribution in [2.24, 2.45) is 5.10 Å². The molecule has 3 aromatic rings. The highest BCUT2D eigenvalue weighted by Gasteiger charge is 2.06. The number of carboxylic acids is 1. The number of nitrogens with one attached hydrogen (secondary N) is 1. The number of para-hydroxylation sites is 1. The first-order valence-electron chi connectivity index (χ1n) is 8.33. The van der Waals surface area contributed by atoms with Crippen LogP contribution in [0, 0.1) is 0 Å². The molecule has 28 heavy (non-hydrogen) atoms. The standard InChI is InChI=1S/C20H17N3O4S/c24-18(13-28-17-5-1-3-15-4-2-10-21-20(15)17)23-22-11-14-6-8-16(9-7-14)27-12-19(25)26/h1-11H,12-13H2,(H,23,24)(H,25,26)/p-1/b22-11-. The fourth-order valence-corrected chi connectivity index (χ4v) is 3.17. The molecule has 1 aromatic heterocycles. The quantitative estimate of drug-likeness (QED) is 0.354. The smallest absolute Gasteiger partial charge is 0.250 e. The van der Waals surface area contributed by atoms with E-state index in [-0.39, 0.29) is 11.7 Å². The summed E-state index contributed by atoms with van der Waals surface area (Å²) in [5, 5.41) is 15.3. The summed E-state index contributed by atoms with van der Waals surface area (Å²) >= 11 is 1.40. The first-order chi connectivity index (χ1) is 13.6. The first kappa shape index (κ1) is 19.4. The molecule has 0 saturated heterocycles. The fourth-order valence-electron chi connectivity index (χ4n) is 2.34. The highest BCUT2D eigenvalue weighted by atomic mass is 32.2. The zero-order chi connectivity index (χ0) is 19.8. The second-order valence-corrected chi connectivity index (χ2v) is 6.66. The SMILES string of the molecule is O=C([O-])COc1ccc(/C=N\NC(=O)CSc2cccc3cccnc23)cc1. The van der Waals surface area contributed by atoms with E-state index >= 15 is 0 Å². The van der Waals surface area contributed by atoms with Crippen LogP contribution < -0.4 is 15.3 Å². The van der Waals surface area contributed by atoms with Crippen molar-refractivity contribution in [3.8, 4) is 5.75 Å². The molecule has 0 atom stereocenters. The Balaban J connectivity index is 1.49. The average molecular weight is 394 g/mol. The van der Waals surface area contributed by atoms with Gasteiger partial charge in [-0.3, -0.25) is 9.78 Å². The molecule has 1 amide bonds. The lowest BCUT2D eigenvalue weighted by Gasteiger charge is -2.06. The largest absolute Gasteiger partial charge is 0.546 e. The van der Waals surface area contributed by atoms with Crippen molar-refractivity contribution in [2.75, 3.05) is 12.4 Å². The van der Waals surface area contributed by atoms with Gasteiger partial charge in [0.05, 0.1) is 23.5 Å². The Bertz CT molecular complexity index is 1000. The summed E-state index contributed by atoms with van der Waals surface area (Å²) in [4.78, 5) is 27.6. The van der Waals surface area contributed by atoms with E-state index in [4.69, 9.17) is 4.74 Å². The van der Waals surface area contributed by atoms with Gasteiger partial charge in [0.25, 0.3) is 0 Å².